The summed E-state index contributed by atoms with van der Waals surface area (Å²) in [5, 5.41) is 3.99. The third-order valence-electron chi connectivity index (χ3n) is 5.23. The predicted molar refractivity (Wildman–Crippen MR) is 106 cm³/mol. The molecule has 6 nitrogen and oxygen atoms in total. The van der Waals surface area contributed by atoms with E-state index in [1.54, 1.807) is 0 Å². The molecule has 1 aromatic carbocycles. The molecule has 0 aliphatic carbocycles. The van der Waals surface area contributed by atoms with Crippen molar-refractivity contribution in [3.63, 3.8) is 0 Å². The molecule has 3 rings (SSSR count). The third kappa shape index (κ3) is 5.08. The Morgan fingerprint density at radius 1 is 1.19 bits per heavy atom. The molecule has 1 aliphatic heterocycles. The van der Waals surface area contributed by atoms with E-state index in [0.717, 1.165) is 37.9 Å². The van der Waals surface area contributed by atoms with Crippen LogP contribution < -0.4 is 4.90 Å². The molecule has 2 aromatic rings. The van der Waals surface area contributed by atoms with Crippen LogP contribution >= 0.6 is 0 Å². The van der Waals surface area contributed by atoms with Crippen LogP contribution in [0.1, 0.15) is 55.5 Å². The average Bonchev–Trinajstić information content (AvgIpc) is 3.18. The molecule has 1 saturated heterocycles. The lowest BCUT2D eigenvalue weighted by Gasteiger charge is -2.30. The molecule has 0 spiro atoms. The second kappa shape index (κ2) is 9.02. The summed E-state index contributed by atoms with van der Waals surface area (Å²) >= 11 is 0. The second-order valence-electron chi connectivity index (χ2n) is 7.58. The van der Waals surface area contributed by atoms with Gasteiger partial charge < -0.3 is 14.3 Å². The summed E-state index contributed by atoms with van der Waals surface area (Å²) in [5.41, 5.74) is 2.44. The van der Waals surface area contributed by atoms with Gasteiger partial charge in [0.05, 0.1) is 6.42 Å². The summed E-state index contributed by atoms with van der Waals surface area (Å²) in [6.45, 7) is 3.70. The van der Waals surface area contributed by atoms with Crippen molar-refractivity contribution >= 4 is 11.9 Å². The molecule has 0 bridgehead atoms. The Bertz CT molecular complexity index is 731. The molecule has 0 radical (unpaired) electrons. The summed E-state index contributed by atoms with van der Waals surface area (Å²) in [6, 6.07) is 8.50. The highest BCUT2D eigenvalue weighted by Crippen LogP contribution is 2.28. The molecule has 1 aromatic heterocycles. The number of nitrogens with zero attached hydrogens (tertiary/aromatic N) is 4. The van der Waals surface area contributed by atoms with E-state index >= 15 is 0 Å². The van der Waals surface area contributed by atoms with Gasteiger partial charge in [0.1, 0.15) is 0 Å². The van der Waals surface area contributed by atoms with Crippen LogP contribution in [0.15, 0.2) is 28.8 Å². The number of aryl methyl sites for hydroxylation is 1. The van der Waals surface area contributed by atoms with Crippen LogP contribution in [-0.4, -0.2) is 48.1 Å². The summed E-state index contributed by atoms with van der Waals surface area (Å²) < 4.78 is 5.39. The van der Waals surface area contributed by atoms with Crippen LogP contribution in [0.3, 0.4) is 0 Å². The summed E-state index contributed by atoms with van der Waals surface area (Å²) in [7, 11) is 3.79. The molecular weight excluding hydrogens is 340 g/mol. The fourth-order valence-corrected chi connectivity index (χ4v) is 3.44. The van der Waals surface area contributed by atoms with Crippen molar-refractivity contribution in [3.05, 3.63) is 41.3 Å². The molecule has 0 atom stereocenters. The Labute approximate surface area is 161 Å². The number of benzene rings is 1. The molecule has 0 unspecified atom stereocenters. The minimum absolute atomic E-state index is 0.203. The first-order valence-corrected chi connectivity index (χ1v) is 9.93. The molecule has 1 fully saturated rings. The molecule has 0 saturated carbocycles. The number of carbonyl (C=O) groups is 1. The van der Waals surface area contributed by atoms with Crippen LogP contribution in [0.4, 0.5) is 5.95 Å². The number of hydrogen-bond donors (Lipinski definition) is 0. The second-order valence-corrected chi connectivity index (χ2v) is 7.58. The monoisotopic (exact) mass is 370 g/mol. The minimum atomic E-state index is 0.203. The fourth-order valence-electron chi connectivity index (χ4n) is 3.44. The first-order chi connectivity index (χ1) is 13.1. The van der Waals surface area contributed by atoms with E-state index in [0.29, 0.717) is 18.3 Å². The molecule has 2 heterocycles. The van der Waals surface area contributed by atoms with Gasteiger partial charge in [0.2, 0.25) is 11.8 Å². The van der Waals surface area contributed by atoms with E-state index in [1.165, 1.54) is 18.4 Å². The largest absolute Gasteiger partial charge is 0.344 e. The van der Waals surface area contributed by atoms with Gasteiger partial charge in [-0.15, -0.1) is 0 Å². The van der Waals surface area contributed by atoms with Crippen molar-refractivity contribution in [2.24, 2.45) is 0 Å². The Morgan fingerprint density at radius 3 is 2.44 bits per heavy atom. The van der Waals surface area contributed by atoms with Crippen LogP contribution in [0, 0.1) is 0 Å². The van der Waals surface area contributed by atoms with Gasteiger partial charge in [-0.3, -0.25) is 4.79 Å². The molecule has 1 aliphatic rings. The Balaban J connectivity index is 1.49. The highest BCUT2D eigenvalue weighted by atomic mass is 16.5. The zero-order valence-corrected chi connectivity index (χ0v) is 16.6. The zero-order valence-electron chi connectivity index (χ0n) is 16.6. The minimum Gasteiger partial charge on any atom is -0.344 e. The van der Waals surface area contributed by atoms with Crippen molar-refractivity contribution in [2.45, 2.75) is 51.4 Å². The van der Waals surface area contributed by atoms with Crippen LogP contribution in [-0.2, 0) is 17.6 Å². The first-order valence-electron chi connectivity index (χ1n) is 9.93. The van der Waals surface area contributed by atoms with Crippen molar-refractivity contribution in [3.8, 4) is 0 Å². The Kier molecular flexibility index (Phi) is 6.48. The molecular formula is C21H30N4O2. The van der Waals surface area contributed by atoms with Gasteiger partial charge in [-0.05, 0) is 42.0 Å². The zero-order chi connectivity index (χ0) is 19.2. The van der Waals surface area contributed by atoms with E-state index < -0.39 is 0 Å². The topological polar surface area (TPSA) is 62.5 Å². The van der Waals surface area contributed by atoms with E-state index in [-0.39, 0.29) is 11.8 Å². The standard InChI is InChI=1S/C21H30N4O2/c1-4-5-6-16-7-9-17(10-8-16)15-19(26)25-13-11-18(12-14-25)20-22-21(23-27-20)24(2)3/h7-10,18H,4-6,11-15H2,1-3H3. The van der Waals surface area contributed by atoms with Crippen LogP contribution in [0.2, 0.25) is 0 Å². The first kappa shape index (κ1) is 19.4. The number of hydrogen-bond acceptors (Lipinski definition) is 5. The number of amides is 1. The Hall–Kier alpha value is -2.37. The maximum Gasteiger partial charge on any atom is 0.265 e. The normalized spacial score (nSPS) is 15.1. The summed E-state index contributed by atoms with van der Waals surface area (Å²) in [4.78, 5) is 20.9. The van der Waals surface area contributed by atoms with Gasteiger partial charge in [0.25, 0.3) is 5.95 Å². The molecule has 1 amide bonds. The number of rotatable bonds is 7. The van der Waals surface area contributed by atoms with E-state index in [9.17, 15) is 4.79 Å². The van der Waals surface area contributed by atoms with E-state index in [1.807, 2.05) is 23.9 Å². The maximum absolute atomic E-state index is 12.6. The lowest BCUT2D eigenvalue weighted by Crippen LogP contribution is -2.38. The Morgan fingerprint density at radius 2 is 1.85 bits per heavy atom. The van der Waals surface area contributed by atoms with Gasteiger partial charge in [0, 0.05) is 33.1 Å². The SMILES string of the molecule is CCCCc1ccc(CC(=O)N2CCC(c3nc(N(C)C)no3)CC2)cc1. The lowest BCUT2D eigenvalue weighted by atomic mass is 9.96. The van der Waals surface area contributed by atoms with Gasteiger partial charge in [-0.1, -0.05) is 37.6 Å². The predicted octanol–water partition coefficient (Wildman–Crippen LogP) is 3.43. The molecule has 0 N–H and O–H groups in total. The van der Waals surface area contributed by atoms with Crippen LogP contribution in [0.5, 0.6) is 0 Å². The fraction of sp³-hybridized carbons (Fsp3) is 0.571. The molecule has 6 heteroatoms. The third-order valence-corrected chi connectivity index (χ3v) is 5.23. The number of aromatic nitrogens is 2. The van der Waals surface area contributed by atoms with Crippen molar-refractivity contribution < 1.29 is 9.32 Å². The number of piperidine rings is 1. The number of carbonyl (C=O) groups excluding carboxylic acids is 1. The number of unbranched alkanes of at least 4 members (excludes halogenated alkanes) is 1. The molecule has 146 valence electrons. The van der Waals surface area contributed by atoms with E-state index in [4.69, 9.17) is 4.52 Å². The average molecular weight is 370 g/mol. The maximum atomic E-state index is 12.6. The van der Waals surface area contributed by atoms with Gasteiger partial charge in [-0.2, -0.15) is 4.98 Å². The summed E-state index contributed by atoms with van der Waals surface area (Å²) in [6.07, 6.45) is 5.75. The van der Waals surface area contributed by atoms with Crippen molar-refractivity contribution in [1.29, 1.82) is 0 Å². The number of likely N-dealkylation sites (tertiary alicyclic amines) is 1. The number of anilines is 1. The highest BCUT2D eigenvalue weighted by Gasteiger charge is 2.27. The van der Waals surface area contributed by atoms with Crippen molar-refractivity contribution in [2.75, 3.05) is 32.1 Å². The van der Waals surface area contributed by atoms with Crippen LogP contribution in [0.25, 0.3) is 0 Å². The van der Waals surface area contributed by atoms with Crippen molar-refractivity contribution in [1.82, 2.24) is 15.0 Å². The lowest BCUT2D eigenvalue weighted by molar-refractivity contribution is -0.131. The van der Waals surface area contributed by atoms with Gasteiger partial charge in [0.15, 0.2) is 0 Å². The molecule has 27 heavy (non-hydrogen) atoms. The smallest absolute Gasteiger partial charge is 0.265 e. The summed E-state index contributed by atoms with van der Waals surface area (Å²) in [5.74, 6) is 1.74. The van der Waals surface area contributed by atoms with Gasteiger partial charge in [-0.25, -0.2) is 0 Å². The van der Waals surface area contributed by atoms with E-state index in [2.05, 4.69) is 41.3 Å². The highest BCUT2D eigenvalue weighted by molar-refractivity contribution is 5.78. The van der Waals surface area contributed by atoms with Gasteiger partial charge >= 0.3 is 0 Å². The quantitative estimate of drug-likeness (QED) is 0.747.